The quantitative estimate of drug-likeness (QED) is 0.562. The van der Waals surface area contributed by atoms with E-state index in [0.29, 0.717) is 17.6 Å². The highest BCUT2D eigenvalue weighted by molar-refractivity contribution is 6.16. The summed E-state index contributed by atoms with van der Waals surface area (Å²) < 4.78 is 0. The SMILES string of the molecule is CC1=CN(C)C(=O)C(NC(=O)NC(CC(=O)O)c2cccc(Cc3ccccc3C)c2)C1=O. The summed E-state index contributed by atoms with van der Waals surface area (Å²) in [6, 6.07) is 12.4. The zero-order chi connectivity index (χ0) is 24.1. The van der Waals surface area contributed by atoms with Gasteiger partial charge >= 0.3 is 12.0 Å². The van der Waals surface area contributed by atoms with Gasteiger partial charge in [-0.1, -0.05) is 48.5 Å². The number of carbonyl (C=O) groups excluding carboxylic acids is 3. The Labute approximate surface area is 192 Å². The van der Waals surface area contributed by atoms with Crippen LogP contribution in [0.25, 0.3) is 0 Å². The van der Waals surface area contributed by atoms with Crippen LogP contribution in [0.1, 0.15) is 41.6 Å². The molecule has 0 aliphatic carbocycles. The molecule has 0 saturated heterocycles. The molecular formula is C25H27N3O5. The van der Waals surface area contributed by atoms with Gasteiger partial charge in [0.15, 0.2) is 11.8 Å². The highest BCUT2D eigenvalue weighted by Gasteiger charge is 2.35. The Kier molecular flexibility index (Phi) is 7.27. The maximum atomic E-state index is 12.6. The molecule has 8 heteroatoms. The summed E-state index contributed by atoms with van der Waals surface area (Å²) in [4.78, 5) is 50.0. The number of hydrogen-bond acceptors (Lipinski definition) is 4. The Morgan fingerprint density at radius 1 is 1.09 bits per heavy atom. The third-order valence-corrected chi connectivity index (χ3v) is 5.60. The number of carbonyl (C=O) groups is 4. The third-order valence-electron chi connectivity index (χ3n) is 5.60. The van der Waals surface area contributed by atoms with Crippen molar-refractivity contribution in [2.75, 3.05) is 7.05 Å². The van der Waals surface area contributed by atoms with Crippen molar-refractivity contribution in [3.8, 4) is 0 Å². The molecule has 3 N–H and O–H groups in total. The normalized spacial score (nSPS) is 16.8. The van der Waals surface area contributed by atoms with Gasteiger partial charge in [0.1, 0.15) is 0 Å². The van der Waals surface area contributed by atoms with Crippen LogP contribution in [0.15, 0.2) is 60.3 Å². The van der Waals surface area contributed by atoms with Crippen molar-refractivity contribution in [1.82, 2.24) is 15.5 Å². The lowest BCUT2D eigenvalue weighted by molar-refractivity contribution is -0.138. The molecule has 0 bridgehead atoms. The Bertz CT molecular complexity index is 1120. The monoisotopic (exact) mass is 449 g/mol. The first-order valence-electron chi connectivity index (χ1n) is 10.6. The first kappa shape index (κ1) is 23.7. The summed E-state index contributed by atoms with van der Waals surface area (Å²) in [5.74, 6) is -2.15. The van der Waals surface area contributed by atoms with Gasteiger partial charge in [-0.15, -0.1) is 0 Å². The van der Waals surface area contributed by atoms with E-state index in [2.05, 4.69) is 10.6 Å². The molecule has 3 amide bonds. The van der Waals surface area contributed by atoms with Gasteiger partial charge in [0.25, 0.3) is 5.91 Å². The van der Waals surface area contributed by atoms with Crippen molar-refractivity contribution < 1.29 is 24.3 Å². The average Bonchev–Trinajstić information content (AvgIpc) is 2.76. The van der Waals surface area contributed by atoms with Gasteiger partial charge in [-0.05, 0) is 42.5 Å². The van der Waals surface area contributed by atoms with E-state index < -0.39 is 35.8 Å². The molecule has 2 unspecified atom stereocenters. The number of nitrogens with one attached hydrogen (secondary N) is 2. The maximum Gasteiger partial charge on any atom is 0.316 e. The zero-order valence-corrected chi connectivity index (χ0v) is 18.8. The number of aryl methyl sites for hydroxylation is 1. The molecule has 3 rings (SSSR count). The van der Waals surface area contributed by atoms with E-state index in [1.165, 1.54) is 18.1 Å². The fourth-order valence-corrected chi connectivity index (χ4v) is 3.79. The number of likely N-dealkylation sites (N-methyl/N-ethyl adjacent to an activating group) is 1. The van der Waals surface area contributed by atoms with Crippen molar-refractivity contribution in [3.63, 3.8) is 0 Å². The number of carboxylic acid groups (broad SMARTS) is 1. The fourth-order valence-electron chi connectivity index (χ4n) is 3.79. The molecular weight excluding hydrogens is 422 g/mol. The predicted octanol–water partition coefficient (Wildman–Crippen LogP) is 2.71. The van der Waals surface area contributed by atoms with Crippen LogP contribution in [0.3, 0.4) is 0 Å². The van der Waals surface area contributed by atoms with Crippen molar-refractivity contribution in [3.05, 3.63) is 82.6 Å². The third kappa shape index (κ3) is 5.85. The van der Waals surface area contributed by atoms with Crippen molar-refractivity contribution >= 4 is 23.7 Å². The van der Waals surface area contributed by atoms with Gasteiger partial charge in [0.05, 0.1) is 12.5 Å². The summed E-state index contributed by atoms with van der Waals surface area (Å²) in [6.07, 6.45) is 1.72. The molecule has 0 radical (unpaired) electrons. The van der Waals surface area contributed by atoms with Crippen LogP contribution in [0.2, 0.25) is 0 Å². The number of nitrogens with zero attached hydrogens (tertiary/aromatic N) is 1. The van der Waals surface area contributed by atoms with Crippen LogP contribution in [-0.2, 0) is 20.8 Å². The lowest BCUT2D eigenvalue weighted by Crippen LogP contribution is -2.56. The van der Waals surface area contributed by atoms with E-state index in [-0.39, 0.29) is 6.42 Å². The highest BCUT2D eigenvalue weighted by Crippen LogP contribution is 2.21. The minimum atomic E-state index is -1.35. The molecule has 33 heavy (non-hydrogen) atoms. The second kappa shape index (κ2) is 10.1. The van der Waals surface area contributed by atoms with Crippen LogP contribution >= 0.6 is 0 Å². The number of amides is 3. The van der Waals surface area contributed by atoms with Crippen LogP contribution < -0.4 is 10.6 Å². The number of urea groups is 1. The standard InChI is InChI=1S/C25H27N3O5/c1-15-7-4-5-9-18(15)11-17-8-6-10-19(12-17)20(13-21(29)30)26-25(33)27-22-23(31)16(2)14-28(3)24(22)32/h4-10,12,14,20,22H,11,13H2,1-3H3,(H,29,30)(H2,26,27,33). The molecule has 0 spiro atoms. The van der Waals surface area contributed by atoms with E-state index in [0.717, 1.165) is 16.7 Å². The summed E-state index contributed by atoms with van der Waals surface area (Å²) >= 11 is 0. The van der Waals surface area contributed by atoms with E-state index in [9.17, 15) is 24.3 Å². The van der Waals surface area contributed by atoms with Crippen LogP contribution in [0.5, 0.6) is 0 Å². The molecule has 1 heterocycles. The number of ketones is 1. The van der Waals surface area contributed by atoms with Crippen LogP contribution in [-0.4, -0.2) is 46.8 Å². The summed E-state index contributed by atoms with van der Waals surface area (Å²) in [6.45, 7) is 3.59. The summed E-state index contributed by atoms with van der Waals surface area (Å²) in [5.41, 5.74) is 4.23. The predicted molar refractivity (Wildman–Crippen MR) is 122 cm³/mol. The molecule has 2 aromatic rings. The number of hydrogen-bond donors (Lipinski definition) is 3. The van der Waals surface area contributed by atoms with Crippen molar-refractivity contribution in [1.29, 1.82) is 0 Å². The van der Waals surface area contributed by atoms with Crippen LogP contribution in [0.4, 0.5) is 4.79 Å². The van der Waals surface area contributed by atoms with Gasteiger partial charge < -0.3 is 20.6 Å². The van der Waals surface area contributed by atoms with Gasteiger partial charge in [0, 0.05) is 18.8 Å². The molecule has 1 aliphatic rings. The van der Waals surface area contributed by atoms with E-state index in [1.807, 2.05) is 49.4 Å². The Morgan fingerprint density at radius 3 is 2.52 bits per heavy atom. The first-order chi connectivity index (χ1) is 15.7. The second-order valence-corrected chi connectivity index (χ2v) is 8.18. The van der Waals surface area contributed by atoms with Gasteiger partial charge in [-0.25, -0.2) is 4.79 Å². The minimum absolute atomic E-state index is 0.341. The molecule has 0 aromatic heterocycles. The van der Waals surface area contributed by atoms with Crippen LogP contribution in [0, 0.1) is 6.92 Å². The number of aliphatic carboxylic acids is 1. The topological polar surface area (TPSA) is 116 Å². The summed E-state index contributed by atoms with van der Waals surface area (Å²) in [7, 11) is 1.50. The second-order valence-electron chi connectivity index (χ2n) is 8.18. The molecule has 172 valence electrons. The number of Topliss-reactive ketones (excluding diaryl/α,β-unsaturated/α-hetero) is 1. The molecule has 2 aromatic carbocycles. The van der Waals surface area contributed by atoms with E-state index in [4.69, 9.17) is 0 Å². The Balaban J connectivity index is 1.77. The number of benzene rings is 2. The molecule has 8 nitrogen and oxygen atoms in total. The van der Waals surface area contributed by atoms with E-state index in [1.54, 1.807) is 13.0 Å². The lowest BCUT2D eigenvalue weighted by atomic mass is 9.96. The number of rotatable bonds is 7. The smallest absolute Gasteiger partial charge is 0.316 e. The zero-order valence-electron chi connectivity index (χ0n) is 18.8. The van der Waals surface area contributed by atoms with Crippen molar-refractivity contribution in [2.45, 2.75) is 38.8 Å². The maximum absolute atomic E-state index is 12.6. The Hall–Kier alpha value is -3.94. The van der Waals surface area contributed by atoms with Gasteiger partial charge in [-0.3, -0.25) is 14.4 Å². The fraction of sp³-hybridized carbons (Fsp3) is 0.280. The summed E-state index contributed by atoms with van der Waals surface area (Å²) in [5, 5.41) is 14.4. The van der Waals surface area contributed by atoms with E-state index >= 15 is 0 Å². The molecule has 0 fully saturated rings. The van der Waals surface area contributed by atoms with Gasteiger partial charge in [-0.2, -0.15) is 0 Å². The molecule has 0 saturated carbocycles. The Morgan fingerprint density at radius 2 is 1.82 bits per heavy atom. The minimum Gasteiger partial charge on any atom is -0.481 e. The van der Waals surface area contributed by atoms with Crippen molar-refractivity contribution in [2.24, 2.45) is 0 Å². The molecule has 2 atom stereocenters. The largest absolute Gasteiger partial charge is 0.481 e. The lowest BCUT2D eigenvalue weighted by Gasteiger charge is -2.27. The van der Waals surface area contributed by atoms with Gasteiger partial charge in [0.2, 0.25) is 0 Å². The number of carboxylic acids is 1. The molecule has 1 aliphatic heterocycles. The first-order valence-corrected chi connectivity index (χ1v) is 10.6. The average molecular weight is 450 g/mol. The highest BCUT2D eigenvalue weighted by atomic mass is 16.4.